The Morgan fingerprint density at radius 2 is 1.78 bits per heavy atom. The lowest BCUT2D eigenvalue weighted by Crippen LogP contribution is -2.54. The van der Waals surface area contributed by atoms with E-state index < -0.39 is 11.6 Å². The maximum absolute atomic E-state index is 14.3. The van der Waals surface area contributed by atoms with E-state index in [1.165, 1.54) is 0 Å². The van der Waals surface area contributed by atoms with Crippen LogP contribution in [-0.4, -0.2) is 49.3 Å². The van der Waals surface area contributed by atoms with Gasteiger partial charge in [0.2, 0.25) is 5.90 Å². The highest BCUT2D eigenvalue weighted by Crippen LogP contribution is 2.43. The number of halogens is 2. The van der Waals surface area contributed by atoms with Gasteiger partial charge in [0, 0.05) is 41.6 Å². The molecule has 0 radical (unpaired) electrons. The number of hydrogen-bond acceptors (Lipinski definition) is 7. The zero-order chi connectivity index (χ0) is 31.6. The van der Waals surface area contributed by atoms with E-state index >= 15 is 0 Å². The molecular weight excluding hydrogens is 613 g/mol. The number of rotatable bonds is 14. The van der Waals surface area contributed by atoms with Gasteiger partial charge in [0.25, 0.3) is 5.91 Å². The number of aliphatic hydroxyl groups excluding tert-OH is 1. The molecule has 8 nitrogen and oxygen atoms in total. The number of hydrogen-bond donors (Lipinski definition) is 3. The number of aliphatic hydroxyl groups is 1. The van der Waals surface area contributed by atoms with Crippen LogP contribution in [0.25, 0.3) is 0 Å². The number of carbonyl (C=O) groups is 1. The van der Waals surface area contributed by atoms with Gasteiger partial charge in [-0.1, -0.05) is 71.7 Å². The van der Waals surface area contributed by atoms with Crippen molar-refractivity contribution in [1.82, 2.24) is 10.9 Å². The second kappa shape index (κ2) is 15.3. The Kier molecular flexibility index (Phi) is 11.0. The summed E-state index contributed by atoms with van der Waals surface area (Å²) in [5.41, 5.74) is 7.88. The van der Waals surface area contributed by atoms with Crippen LogP contribution in [0.3, 0.4) is 0 Å². The fourth-order valence-electron chi connectivity index (χ4n) is 5.17. The van der Waals surface area contributed by atoms with Crippen molar-refractivity contribution >= 4 is 35.0 Å². The van der Waals surface area contributed by atoms with Gasteiger partial charge in [-0.05, 0) is 71.6 Å². The molecule has 0 aromatic heterocycles. The Morgan fingerprint density at radius 1 is 0.978 bits per heavy atom. The van der Waals surface area contributed by atoms with Gasteiger partial charge in [0.05, 0.1) is 13.7 Å². The Balaban J connectivity index is 1.47. The van der Waals surface area contributed by atoms with E-state index in [9.17, 15) is 4.79 Å². The third-order valence-electron chi connectivity index (χ3n) is 7.48. The molecule has 234 valence electrons. The topological polar surface area (TPSA) is 101 Å². The Bertz CT molecular complexity index is 1620. The SMILES string of the molecule is COc1cccc([C@@H]2OC(c3ccc(OCCCO)cc3)=N[C@]2(Cc2ccccc2)C(=O)NNCCc2ccc(Cl)cc2Cl)c1. The fraction of sp³-hybridized carbons (Fsp3) is 0.257. The number of ether oxygens (including phenoxy) is 3. The molecule has 1 aliphatic rings. The van der Waals surface area contributed by atoms with Gasteiger partial charge in [-0.2, -0.15) is 0 Å². The number of hydrazine groups is 1. The lowest BCUT2D eigenvalue weighted by atomic mass is 9.82. The van der Waals surface area contributed by atoms with Gasteiger partial charge in [0.1, 0.15) is 11.5 Å². The minimum atomic E-state index is -1.37. The summed E-state index contributed by atoms with van der Waals surface area (Å²) in [6.45, 7) is 0.889. The highest BCUT2D eigenvalue weighted by molar-refractivity contribution is 6.35. The van der Waals surface area contributed by atoms with Crippen LogP contribution < -0.4 is 20.3 Å². The van der Waals surface area contributed by atoms with Gasteiger partial charge in [-0.15, -0.1) is 0 Å². The standard InChI is InChI=1S/C35H35Cl2N3O5/c1-43-30-10-5-9-27(21-30)32-35(23-24-7-3-2-4-8-24,34(42)40-38-18-17-25-11-14-28(36)22-31(25)37)39-33(45-32)26-12-15-29(16-13-26)44-20-6-19-41/h2-5,7-16,21-22,32,38,41H,6,17-20,23H2,1H3,(H,40,42)/t32-,35-/m0/s1. The Morgan fingerprint density at radius 3 is 2.51 bits per heavy atom. The maximum atomic E-state index is 14.3. The van der Waals surface area contributed by atoms with Crippen LogP contribution in [0.2, 0.25) is 10.0 Å². The number of nitrogens with one attached hydrogen (secondary N) is 2. The summed E-state index contributed by atoms with van der Waals surface area (Å²) in [6.07, 6.45) is 0.616. The Hall–Kier alpha value is -4.08. The molecule has 0 saturated heterocycles. The predicted octanol–water partition coefficient (Wildman–Crippen LogP) is 6.13. The van der Waals surface area contributed by atoms with Gasteiger partial charge >= 0.3 is 0 Å². The molecule has 0 bridgehead atoms. The molecule has 1 aliphatic heterocycles. The monoisotopic (exact) mass is 647 g/mol. The molecule has 0 unspecified atom stereocenters. The molecule has 5 rings (SSSR count). The average Bonchev–Trinajstić information content (AvgIpc) is 3.45. The molecule has 45 heavy (non-hydrogen) atoms. The van der Waals surface area contributed by atoms with Gasteiger partial charge in [-0.3, -0.25) is 10.2 Å². The van der Waals surface area contributed by atoms with Gasteiger partial charge in [-0.25, -0.2) is 10.4 Å². The summed E-state index contributed by atoms with van der Waals surface area (Å²) < 4.78 is 17.8. The summed E-state index contributed by atoms with van der Waals surface area (Å²) in [4.78, 5) is 19.4. The van der Waals surface area contributed by atoms with Crippen molar-refractivity contribution in [3.8, 4) is 11.5 Å². The van der Waals surface area contributed by atoms with E-state index in [0.29, 0.717) is 59.0 Å². The molecule has 0 aliphatic carbocycles. The molecular formula is C35H35Cl2N3O5. The smallest absolute Gasteiger partial charge is 0.266 e. The van der Waals surface area contributed by atoms with E-state index in [-0.39, 0.29) is 18.9 Å². The summed E-state index contributed by atoms with van der Waals surface area (Å²) in [5.74, 6) is 1.29. The predicted molar refractivity (Wildman–Crippen MR) is 176 cm³/mol. The lowest BCUT2D eigenvalue weighted by molar-refractivity contribution is -0.130. The van der Waals surface area contributed by atoms with Crippen molar-refractivity contribution in [2.75, 3.05) is 26.9 Å². The summed E-state index contributed by atoms with van der Waals surface area (Å²) in [7, 11) is 1.60. The fourth-order valence-corrected chi connectivity index (χ4v) is 5.67. The number of amides is 1. The zero-order valence-electron chi connectivity index (χ0n) is 24.8. The third kappa shape index (κ3) is 7.96. The first-order chi connectivity index (χ1) is 21.9. The largest absolute Gasteiger partial charge is 0.497 e. The van der Waals surface area contributed by atoms with Crippen LogP contribution in [0.15, 0.2) is 102 Å². The van der Waals surface area contributed by atoms with Crippen LogP contribution in [0.4, 0.5) is 0 Å². The highest BCUT2D eigenvalue weighted by atomic mass is 35.5. The Labute approximate surface area is 272 Å². The van der Waals surface area contributed by atoms with Crippen molar-refractivity contribution < 1.29 is 24.1 Å². The molecule has 10 heteroatoms. The van der Waals surface area contributed by atoms with Crippen molar-refractivity contribution in [2.24, 2.45) is 4.99 Å². The van der Waals surface area contributed by atoms with E-state index in [1.807, 2.05) is 84.9 Å². The lowest BCUT2D eigenvalue weighted by Gasteiger charge is -2.31. The average molecular weight is 649 g/mol. The summed E-state index contributed by atoms with van der Waals surface area (Å²) >= 11 is 12.4. The van der Waals surface area contributed by atoms with E-state index in [0.717, 1.165) is 16.7 Å². The second-order valence-corrected chi connectivity index (χ2v) is 11.4. The molecule has 4 aromatic rings. The maximum Gasteiger partial charge on any atom is 0.266 e. The van der Waals surface area contributed by atoms with Crippen molar-refractivity contribution in [3.63, 3.8) is 0 Å². The summed E-state index contributed by atoms with van der Waals surface area (Å²) in [5, 5.41) is 10.2. The molecule has 3 N–H and O–H groups in total. The molecule has 0 spiro atoms. The van der Waals surface area contributed by atoms with Crippen LogP contribution in [-0.2, 0) is 22.4 Å². The minimum absolute atomic E-state index is 0.0592. The first-order valence-corrected chi connectivity index (χ1v) is 15.4. The van der Waals surface area contributed by atoms with Crippen LogP contribution in [0.1, 0.15) is 34.8 Å². The number of nitrogens with zero attached hydrogens (tertiary/aromatic N) is 1. The van der Waals surface area contributed by atoms with Gasteiger partial charge in [0.15, 0.2) is 11.6 Å². The van der Waals surface area contributed by atoms with Crippen molar-refractivity contribution in [2.45, 2.75) is 30.9 Å². The van der Waals surface area contributed by atoms with E-state index in [1.54, 1.807) is 19.2 Å². The number of methoxy groups -OCH3 is 1. The normalized spacial score (nSPS) is 17.3. The van der Waals surface area contributed by atoms with Crippen LogP contribution in [0, 0.1) is 0 Å². The van der Waals surface area contributed by atoms with E-state index in [4.69, 9.17) is 47.5 Å². The van der Waals surface area contributed by atoms with Crippen LogP contribution >= 0.6 is 23.2 Å². The molecule has 0 fully saturated rings. The molecule has 4 aromatic carbocycles. The number of carbonyl (C=O) groups excluding carboxylic acids is 1. The van der Waals surface area contributed by atoms with Crippen molar-refractivity contribution in [1.29, 1.82) is 0 Å². The quantitative estimate of drug-likeness (QED) is 0.112. The van der Waals surface area contributed by atoms with E-state index in [2.05, 4.69) is 10.9 Å². The number of benzene rings is 4. The zero-order valence-corrected chi connectivity index (χ0v) is 26.4. The molecule has 1 heterocycles. The number of aliphatic imine (C=N–C) groups is 1. The first-order valence-electron chi connectivity index (χ1n) is 14.7. The minimum Gasteiger partial charge on any atom is -0.497 e. The highest BCUT2D eigenvalue weighted by Gasteiger charge is 2.53. The molecule has 0 saturated carbocycles. The molecule has 1 amide bonds. The van der Waals surface area contributed by atoms with Crippen LogP contribution in [0.5, 0.6) is 11.5 Å². The van der Waals surface area contributed by atoms with Gasteiger partial charge < -0.3 is 19.3 Å². The third-order valence-corrected chi connectivity index (χ3v) is 8.07. The second-order valence-electron chi connectivity index (χ2n) is 10.6. The summed E-state index contributed by atoms with van der Waals surface area (Å²) in [6, 6.07) is 29.9. The molecule has 2 atom stereocenters. The van der Waals surface area contributed by atoms with Crippen molar-refractivity contribution in [3.05, 3.63) is 129 Å². The first kappa shape index (κ1) is 32.3.